The zero-order valence-electron chi connectivity index (χ0n) is 10.5. The second-order valence-corrected chi connectivity index (χ2v) is 3.80. The van der Waals surface area contributed by atoms with E-state index in [4.69, 9.17) is 0 Å². The van der Waals surface area contributed by atoms with Crippen molar-refractivity contribution in [1.29, 1.82) is 0 Å². The topological polar surface area (TPSA) is 72.5 Å². The fourth-order valence-corrected chi connectivity index (χ4v) is 0.783. The van der Waals surface area contributed by atoms with Crippen molar-refractivity contribution in [1.82, 2.24) is 5.32 Å². The van der Waals surface area contributed by atoms with E-state index < -0.39 is 0 Å². The van der Waals surface area contributed by atoms with Gasteiger partial charge < -0.3 is 10.1 Å². The third-order valence-corrected chi connectivity index (χ3v) is 1.87. The zero-order chi connectivity index (χ0) is 14.3. The Balaban J connectivity index is -0.000000174. The SMILES string of the molecule is CC(=O)CP.CC(=O)NCP.CC(=O)OCP. The van der Waals surface area contributed by atoms with E-state index in [0.29, 0.717) is 18.8 Å². The van der Waals surface area contributed by atoms with Crippen LogP contribution in [0.4, 0.5) is 0 Å². The average Bonchev–Trinajstić information content (AvgIpc) is 2.19. The summed E-state index contributed by atoms with van der Waals surface area (Å²) in [6.45, 7) is 4.43. The van der Waals surface area contributed by atoms with Gasteiger partial charge in [-0.3, -0.25) is 14.4 Å². The number of ketones is 1. The third kappa shape index (κ3) is 49.2. The van der Waals surface area contributed by atoms with Gasteiger partial charge in [0, 0.05) is 26.3 Å². The molecule has 0 bridgehead atoms. The molecule has 0 aliphatic heterocycles. The number of rotatable bonds is 3. The van der Waals surface area contributed by atoms with Crippen LogP contribution in [0.2, 0.25) is 0 Å². The molecule has 5 nitrogen and oxygen atoms in total. The van der Waals surface area contributed by atoms with Crippen LogP contribution < -0.4 is 5.32 Å². The highest BCUT2D eigenvalue weighted by atomic mass is 31.0. The Hall–Kier alpha value is -0.100. The molecule has 0 rings (SSSR count). The first-order valence-corrected chi connectivity index (χ1v) is 7.24. The number of ether oxygens (including phenoxy) is 1. The van der Waals surface area contributed by atoms with Crippen molar-refractivity contribution in [2.45, 2.75) is 20.8 Å². The van der Waals surface area contributed by atoms with Gasteiger partial charge in [0.15, 0.2) is 0 Å². The molecule has 0 aliphatic rings. The summed E-state index contributed by atoms with van der Waals surface area (Å²) >= 11 is 0. The molecule has 0 aromatic heterocycles. The van der Waals surface area contributed by atoms with Gasteiger partial charge in [-0.2, -0.15) is 0 Å². The van der Waals surface area contributed by atoms with Crippen LogP contribution in [0.25, 0.3) is 0 Å². The molecule has 8 heteroatoms. The molecule has 0 radical (unpaired) electrons. The van der Waals surface area contributed by atoms with Crippen LogP contribution in [0.15, 0.2) is 0 Å². The van der Waals surface area contributed by atoms with Gasteiger partial charge in [-0.15, -0.1) is 18.5 Å². The molecule has 102 valence electrons. The van der Waals surface area contributed by atoms with Gasteiger partial charge in [0.05, 0.1) is 0 Å². The van der Waals surface area contributed by atoms with E-state index in [0.717, 1.165) is 0 Å². The first-order valence-electron chi connectivity index (χ1n) is 4.79. The molecular weight excluding hydrogens is 279 g/mol. The van der Waals surface area contributed by atoms with Crippen molar-refractivity contribution in [3.05, 3.63) is 0 Å². The van der Waals surface area contributed by atoms with Gasteiger partial charge in [-0.05, 0) is 6.92 Å². The maximum absolute atomic E-state index is 9.92. The summed E-state index contributed by atoms with van der Waals surface area (Å²) in [6.07, 6.45) is 1.63. The fourth-order valence-electron chi connectivity index (χ4n) is 0.261. The third-order valence-electron chi connectivity index (χ3n) is 0.925. The largest absolute Gasteiger partial charge is 0.462 e. The lowest BCUT2D eigenvalue weighted by Gasteiger charge is -1.89. The lowest BCUT2D eigenvalue weighted by molar-refractivity contribution is -0.138. The number of Topliss-reactive ketones (excluding diaryl/α,β-unsaturated/α-hetero) is 1. The summed E-state index contributed by atoms with van der Waals surface area (Å²) in [5.74, 6) is 0.00463. The molecule has 0 saturated carbocycles. The minimum absolute atomic E-state index is 0.0185. The minimum Gasteiger partial charge on any atom is -0.462 e. The Morgan fingerprint density at radius 2 is 1.47 bits per heavy atom. The molecule has 0 aromatic rings. The summed E-state index contributed by atoms with van der Waals surface area (Å²) in [6, 6.07) is 0. The van der Waals surface area contributed by atoms with Gasteiger partial charge >= 0.3 is 5.97 Å². The summed E-state index contributed by atoms with van der Waals surface area (Å²) in [4.78, 5) is 29.5. The van der Waals surface area contributed by atoms with E-state index >= 15 is 0 Å². The summed E-state index contributed by atoms with van der Waals surface area (Å²) < 4.78 is 4.37. The van der Waals surface area contributed by atoms with E-state index in [9.17, 15) is 14.4 Å². The molecule has 0 heterocycles. The normalized spacial score (nSPS) is 7.65. The van der Waals surface area contributed by atoms with Gasteiger partial charge in [-0.25, -0.2) is 0 Å². The van der Waals surface area contributed by atoms with Gasteiger partial charge in [0.2, 0.25) is 5.91 Å². The Bertz CT molecular complexity index is 208. The first-order chi connectivity index (χ1) is 7.81. The van der Waals surface area contributed by atoms with E-state index in [2.05, 4.69) is 37.8 Å². The van der Waals surface area contributed by atoms with Crippen molar-refractivity contribution in [3.63, 3.8) is 0 Å². The molecule has 0 saturated heterocycles. The lowest BCUT2D eigenvalue weighted by Crippen LogP contribution is -2.16. The number of nitrogens with one attached hydrogen (secondary N) is 1. The molecule has 0 aromatic carbocycles. The van der Waals surface area contributed by atoms with Crippen LogP contribution in [0, 0.1) is 0 Å². The van der Waals surface area contributed by atoms with Crippen LogP contribution in [0.1, 0.15) is 20.8 Å². The molecular formula is C9H22NO4P3. The summed E-state index contributed by atoms with van der Waals surface area (Å²) in [5.41, 5.74) is 0. The summed E-state index contributed by atoms with van der Waals surface area (Å²) in [5, 5.41) is 2.53. The highest BCUT2D eigenvalue weighted by molar-refractivity contribution is 7.18. The number of carbonyl (C=O) groups is 3. The molecule has 17 heavy (non-hydrogen) atoms. The number of esters is 1. The Morgan fingerprint density at radius 1 is 1.06 bits per heavy atom. The predicted octanol–water partition coefficient (Wildman–Crippen LogP) is 0.788. The molecule has 0 spiro atoms. The molecule has 3 atom stereocenters. The van der Waals surface area contributed by atoms with E-state index in [1.807, 2.05) is 0 Å². The predicted molar refractivity (Wildman–Crippen MR) is 80.0 cm³/mol. The maximum Gasteiger partial charge on any atom is 0.302 e. The Morgan fingerprint density at radius 3 is 1.47 bits per heavy atom. The monoisotopic (exact) mass is 301 g/mol. The van der Waals surface area contributed by atoms with Crippen LogP contribution in [-0.2, 0) is 19.1 Å². The first kappa shape index (κ1) is 22.1. The van der Waals surface area contributed by atoms with E-state index in [1.54, 1.807) is 6.92 Å². The van der Waals surface area contributed by atoms with Crippen LogP contribution in [0.3, 0.4) is 0 Å². The van der Waals surface area contributed by atoms with Gasteiger partial charge in [-0.1, -0.05) is 9.24 Å². The lowest BCUT2D eigenvalue weighted by atomic mass is 10.5. The molecule has 1 N–H and O–H groups in total. The maximum atomic E-state index is 9.92. The standard InChI is InChI=1S/C3H8NOP.C3H7O2P.C3H7OP/c1-3(5)4-2-6;1-3(4)5-2-6;1-3(4)2-5/h2,6H2,1H3,(H,4,5);2,6H2,1H3;2,5H2,1H3. The van der Waals surface area contributed by atoms with E-state index in [-0.39, 0.29) is 17.7 Å². The Labute approximate surface area is 110 Å². The van der Waals surface area contributed by atoms with Gasteiger partial charge in [0.1, 0.15) is 12.1 Å². The Kier molecular flexibility index (Phi) is 23.8. The number of hydrogen-bond acceptors (Lipinski definition) is 4. The van der Waals surface area contributed by atoms with Crippen molar-refractivity contribution in [2.24, 2.45) is 0 Å². The molecule has 0 fully saturated rings. The van der Waals surface area contributed by atoms with Crippen LogP contribution in [-0.4, -0.2) is 36.5 Å². The van der Waals surface area contributed by atoms with Crippen molar-refractivity contribution in [3.8, 4) is 0 Å². The van der Waals surface area contributed by atoms with Crippen LogP contribution in [0.5, 0.6) is 0 Å². The molecule has 1 amide bonds. The van der Waals surface area contributed by atoms with Crippen LogP contribution >= 0.6 is 27.7 Å². The summed E-state index contributed by atoms with van der Waals surface area (Å²) in [7, 11) is 7.02. The number of amides is 1. The quantitative estimate of drug-likeness (QED) is 0.618. The highest BCUT2D eigenvalue weighted by Crippen LogP contribution is 1.81. The second kappa shape index (κ2) is 18.3. The number of carbonyl (C=O) groups excluding carboxylic acids is 3. The highest BCUT2D eigenvalue weighted by Gasteiger charge is 1.81. The molecule has 0 aliphatic carbocycles. The number of hydrogen-bond donors (Lipinski definition) is 1. The zero-order valence-corrected chi connectivity index (χ0v) is 14.0. The van der Waals surface area contributed by atoms with Crippen molar-refractivity contribution >= 4 is 45.4 Å². The smallest absolute Gasteiger partial charge is 0.302 e. The minimum atomic E-state index is -0.231. The fraction of sp³-hybridized carbons (Fsp3) is 0.667. The second-order valence-electron chi connectivity index (χ2n) is 2.65. The van der Waals surface area contributed by atoms with Crippen molar-refractivity contribution < 1.29 is 19.1 Å². The van der Waals surface area contributed by atoms with Crippen molar-refractivity contribution in [2.75, 3.05) is 18.8 Å². The van der Waals surface area contributed by atoms with Gasteiger partial charge in [0.25, 0.3) is 0 Å². The van der Waals surface area contributed by atoms with E-state index in [1.165, 1.54) is 13.8 Å². The average molecular weight is 301 g/mol. The molecule has 3 unspecified atom stereocenters.